The van der Waals surface area contributed by atoms with E-state index < -0.39 is 41.3 Å². The highest BCUT2D eigenvalue weighted by Gasteiger charge is 2.39. The van der Waals surface area contributed by atoms with Crippen molar-refractivity contribution in [2.45, 2.75) is 89.0 Å². The number of benzene rings is 2. The predicted molar refractivity (Wildman–Crippen MR) is 193 cm³/mol. The monoisotopic (exact) mass is 754 g/mol. The van der Waals surface area contributed by atoms with Gasteiger partial charge in [-0.3, -0.25) is 4.79 Å². The van der Waals surface area contributed by atoms with Crippen LogP contribution < -0.4 is 24.8 Å². The molecular formula is C39H42ClF3N4O6. The predicted octanol–water partition coefficient (Wildman–Crippen LogP) is 7.52. The van der Waals surface area contributed by atoms with Crippen LogP contribution in [0.1, 0.15) is 73.5 Å². The zero-order chi connectivity index (χ0) is 38.1. The molecular weight excluding hydrogens is 713 g/mol. The summed E-state index contributed by atoms with van der Waals surface area (Å²) in [4.78, 5) is 20.4. The van der Waals surface area contributed by atoms with Gasteiger partial charge in [-0.1, -0.05) is 61.0 Å². The third kappa shape index (κ3) is 8.23. The fraction of sp³-hybridized carbons (Fsp3) is 0.410. The quantitative estimate of drug-likeness (QED) is 0.102. The third-order valence-electron chi connectivity index (χ3n) is 9.89. The molecule has 2 aromatic carbocycles. The zero-order valence-electron chi connectivity index (χ0n) is 29.8. The maximum Gasteiger partial charge on any atom is 0.421 e. The van der Waals surface area contributed by atoms with Crippen molar-refractivity contribution >= 4 is 17.6 Å². The summed E-state index contributed by atoms with van der Waals surface area (Å²) in [5.41, 5.74) is 3.71. The second kappa shape index (κ2) is 15.5. The lowest BCUT2D eigenvalue weighted by atomic mass is 9.77. The van der Waals surface area contributed by atoms with Crippen LogP contribution in [0.3, 0.4) is 0 Å². The summed E-state index contributed by atoms with van der Waals surface area (Å²) in [6.45, 7) is 3.82. The molecule has 4 N–H and O–H groups in total. The molecule has 0 aliphatic heterocycles. The van der Waals surface area contributed by atoms with Crippen molar-refractivity contribution in [3.63, 3.8) is 0 Å². The molecule has 282 valence electrons. The number of aliphatic hydroxyl groups is 1. The van der Waals surface area contributed by atoms with Gasteiger partial charge in [-0.15, -0.1) is 0 Å². The minimum atomic E-state index is -4.80. The summed E-state index contributed by atoms with van der Waals surface area (Å²) in [7, 11) is 2.85. The van der Waals surface area contributed by atoms with Crippen LogP contribution >= 0.6 is 11.6 Å². The molecule has 1 fully saturated rings. The van der Waals surface area contributed by atoms with Crippen molar-refractivity contribution < 1.29 is 42.4 Å². The van der Waals surface area contributed by atoms with Crippen LogP contribution in [0.2, 0.25) is 5.02 Å². The molecule has 0 unspecified atom stereocenters. The van der Waals surface area contributed by atoms with E-state index in [1.54, 1.807) is 14.0 Å². The number of rotatable bonds is 14. The number of pyridine rings is 2. The number of ether oxygens (including phenoxy) is 3. The van der Waals surface area contributed by atoms with Gasteiger partial charge in [0.25, 0.3) is 0 Å². The minimum Gasteiger partial charge on any atom is -0.481 e. The van der Waals surface area contributed by atoms with Gasteiger partial charge in [-0.05, 0) is 67.9 Å². The summed E-state index contributed by atoms with van der Waals surface area (Å²) < 4.78 is 60.2. The van der Waals surface area contributed by atoms with Gasteiger partial charge in [0.05, 0.1) is 30.5 Å². The van der Waals surface area contributed by atoms with Crippen LogP contribution in [0, 0.1) is 0 Å². The number of hydrogen-bond acceptors (Lipinski definition) is 9. The Bertz CT molecular complexity index is 1980. The molecule has 14 heteroatoms. The van der Waals surface area contributed by atoms with Crippen LogP contribution in [0.4, 0.5) is 13.2 Å². The smallest absolute Gasteiger partial charge is 0.421 e. The van der Waals surface area contributed by atoms with Gasteiger partial charge in [-0.2, -0.15) is 18.2 Å². The van der Waals surface area contributed by atoms with Crippen molar-refractivity contribution in [1.82, 2.24) is 20.6 Å². The van der Waals surface area contributed by atoms with Crippen molar-refractivity contribution in [3.8, 4) is 40.0 Å². The van der Waals surface area contributed by atoms with E-state index in [0.29, 0.717) is 54.4 Å². The van der Waals surface area contributed by atoms with Crippen molar-refractivity contribution in [1.29, 1.82) is 0 Å². The molecule has 53 heavy (non-hydrogen) atoms. The molecule has 2 aliphatic carbocycles. The van der Waals surface area contributed by atoms with Gasteiger partial charge >= 0.3 is 12.1 Å². The van der Waals surface area contributed by atoms with Crippen LogP contribution in [-0.4, -0.2) is 58.1 Å². The SMILES string of the molecule is CC[C@H](NCc1cc(C(F)(F)F)c(O[C@H]2CCc3c(-c4cccc(-c5ccc(CN[C@H]6C[C@](C)(O)C6)c(OC)n5)c4Cl)cccc32)nc1OC)C(=O)O. The molecule has 0 radical (unpaired) electrons. The summed E-state index contributed by atoms with van der Waals surface area (Å²) in [5, 5.41) is 26.1. The number of nitrogens with zero attached hydrogens (tertiary/aromatic N) is 2. The molecule has 2 aromatic heterocycles. The first-order chi connectivity index (χ1) is 25.2. The first-order valence-corrected chi connectivity index (χ1v) is 17.8. The number of methoxy groups -OCH3 is 2. The molecule has 4 aromatic rings. The van der Waals surface area contributed by atoms with Gasteiger partial charge in [0.15, 0.2) is 0 Å². The summed E-state index contributed by atoms with van der Waals surface area (Å²) in [6.07, 6.45) is -3.01. The molecule has 2 aliphatic rings. The fourth-order valence-corrected chi connectivity index (χ4v) is 7.48. The first-order valence-electron chi connectivity index (χ1n) is 17.4. The number of halogens is 4. The normalized spacial score (nSPS) is 20.0. The highest BCUT2D eigenvalue weighted by molar-refractivity contribution is 6.36. The number of nitrogens with one attached hydrogen (secondary N) is 2. The Kier molecular flexibility index (Phi) is 11.2. The Hall–Kier alpha value is -4.43. The Labute approximate surface area is 310 Å². The second-order valence-corrected chi connectivity index (χ2v) is 14.1. The fourth-order valence-electron chi connectivity index (χ4n) is 7.15. The maximum absolute atomic E-state index is 14.4. The number of alkyl halides is 3. The Balaban J connectivity index is 1.26. The first kappa shape index (κ1) is 38.3. The average Bonchev–Trinajstić information content (AvgIpc) is 3.52. The zero-order valence-corrected chi connectivity index (χ0v) is 30.6. The lowest BCUT2D eigenvalue weighted by Crippen LogP contribution is -2.51. The van der Waals surface area contributed by atoms with Crippen LogP contribution in [-0.2, 0) is 30.5 Å². The van der Waals surface area contributed by atoms with Gasteiger partial charge in [0.2, 0.25) is 17.6 Å². The average molecular weight is 755 g/mol. The van der Waals surface area contributed by atoms with E-state index in [4.69, 9.17) is 30.8 Å². The number of carbonyl (C=O) groups is 1. The molecule has 1 saturated carbocycles. The number of aromatic nitrogens is 2. The lowest BCUT2D eigenvalue weighted by molar-refractivity contribution is -0.140. The van der Waals surface area contributed by atoms with Crippen molar-refractivity contribution in [2.24, 2.45) is 0 Å². The van der Waals surface area contributed by atoms with Crippen LogP contribution in [0.5, 0.6) is 17.6 Å². The topological polar surface area (TPSA) is 135 Å². The molecule has 0 spiro atoms. The Morgan fingerprint density at radius 1 is 0.981 bits per heavy atom. The number of fused-ring (bicyclic) bond motifs is 1. The Morgan fingerprint density at radius 3 is 2.32 bits per heavy atom. The van der Waals surface area contributed by atoms with Crippen LogP contribution in [0.25, 0.3) is 22.4 Å². The lowest BCUT2D eigenvalue weighted by Gasteiger charge is -2.41. The minimum absolute atomic E-state index is 0.0535. The molecule has 10 nitrogen and oxygen atoms in total. The molecule has 0 bridgehead atoms. The molecule has 2 heterocycles. The van der Waals surface area contributed by atoms with Crippen LogP contribution in [0.15, 0.2) is 54.6 Å². The van der Waals surface area contributed by atoms with E-state index in [9.17, 15) is 28.2 Å². The van der Waals surface area contributed by atoms with E-state index in [2.05, 4.69) is 15.6 Å². The van der Waals surface area contributed by atoms with E-state index >= 15 is 0 Å². The number of aliphatic carboxylic acids is 1. The largest absolute Gasteiger partial charge is 0.481 e. The van der Waals surface area contributed by atoms with Gasteiger partial charge in [0.1, 0.15) is 17.7 Å². The highest BCUT2D eigenvalue weighted by atomic mass is 35.5. The van der Waals surface area contributed by atoms with Gasteiger partial charge < -0.3 is 35.1 Å². The molecule has 6 rings (SSSR count). The Morgan fingerprint density at radius 2 is 1.66 bits per heavy atom. The van der Waals surface area contributed by atoms with Gasteiger partial charge in [0, 0.05) is 41.4 Å². The summed E-state index contributed by atoms with van der Waals surface area (Å²) >= 11 is 7.09. The van der Waals surface area contributed by atoms with E-state index in [0.717, 1.165) is 33.9 Å². The molecule has 0 saturated heterocycles. The number of carboxylic acid groups (broad SMARTS) is 1. The summed E-state index contributed by atoms with van der Waals surface area (Å²) in [5.74, 6) is -1.37. The van der Waals surface area contributed by atoms with Gasteiger partial charge in [-0.25, -0.2) is 4.98 Å². The second-order valence-electron chi connectivity index (χ2n) is 13.7. The van der Waals surface area contributed by atoms with E-state index in [1.165, 1.54) is 7.11 Å². The maximum atomic E-state index is 14.4. The number of carboxylic acids is 1. The molecule has 2 atom stereocenters. The van der Waals surface area contributed by atoms with Crippen molar-refractivity contribution in [2.75, 3.05) is 14.2 Å². The standard InChI is InChI=1S/C39H42ClF3N4O6/c1-5-30(37(48)49)45-20-22-16-29(39(41,42)43)36(47-35(22)52-4)53-32-15-13-25-24(8-6-9-26(25)32)27-10-7-11-28(33(27)40)31-14-12-21(34(46-31)51-3)19-44-23-17-38(2,50)18-23/h6-12,14,16,23,30,32,44-45,50H,5,13,15,17-20H2,1-4H3,(H,48,49)/t23-,30-,32-,38-/m0/s1. The third-order valence-corrected chi connectivity index (χ3v) is 10.3. The number of hydrogen-bond donors (Lipinski definition) is 4. The van der Waals surface area contributed by atoms with Crippen molar-refractivity contribution in [3.05, 3.63) is 87.4 Å². The van der Waals surface area contributed by atoms with E-state index in [-0.39, 0.29) is 30.5 Å². The van der Waals surface area contributed by atoms with E-state index in [1.807, 2.05) is 55.5 Å². The highest BCUT2D eigenvalue weighted by Crippen LogP contribution is 2.46. The summed E-state index contributed by atoms with van der Waals surface area (Å²) in [6, 6.07) is 15.2. The molecule has 0 amide bonds.